The highest BCUT2D eigenvalue weighted by atomic mass is 35.5. The number of ether oxygens (including phenoxy) is 1. The minimum Gasteiger partial charge on any atom is -0.493 e. The number of rotatable bonds is 6. The number of hydrogen-bond donors (Lipinski definition) is 0. The van der Waals surface area contributed by atoms with Crippen LogP contribution in [0.1, 0.15) is 19.4 Å². The van der Waals surface area contributed by atoms with Crippen molar-refractivity contribution in [3.63, 3.8) is 0 Å². The standard InChI is InChI=1S/C25H28ClN3O3/c1-17(2)16-32-21-10-4-18(5-11-21)22-23(26)25(31)29(24(22)30)20-8-6-19(7-9-20)28-14-12-27(3)13-15-28/h4-11,17H,12-16H2,1-3H3. The Balaban J connectivity index is 1.50. The average molecular weight is 454 g/mol. The van der Waals surface area contributed by atoms with Crippen LogP contribution in [0.4, 0.5) is 11.4 Å². The van der Waals surface area contributed by atoms with Crippen molar-refractivity contribution in [2.45, 2.75) is 13.8 Å². The number of hydrogen-bond acceptors (Lipinski definition) is 5. The maximum absolute atomic E-state index is 13.2. The van der Waals surface area contributed by atoms with Crippen molar-refractivity contribution in [1.82, 2.24) is 4.90 Å². The molecule has 1 fully saturated rings. The molecule has 7 heteroatoms. The summed E-state index contributed by atoms with van der Waals surface area (Å²) >= 11 is 6.34. The third kappa shape index (κ3) is 4.52. The second-order valence-electron chi connectivity index (χ2n) is 8.67. The predicted molar refractivity (Wildman–Crippen MR) is 128 cm³/mol. The molecule has 0 atom stereocenters. The summed E-state index contributed by atoms with van der Waals surface area (Å²) in [4.78, 5) is 31.8. The Labute approximate surface area is 194 Å². The molecule has 0 aliphatic carbocycles. The molecule has 0 unspecified atom stereocenters. The van der Waals surface area contributed by atoms with Gasteiger partial charge in [-0.05, 0) is 54.9 Å². The van der Waals surface area contributed by atoms with Gasteiger partial charge >= 0.3 is 0 Å². The Morgan fingerprint density at radius 2 is 1.47 bits per heavy atom. The van der Waals surface area contributed by atoms with Crippen LogP contribution < -0.4 is 14.5 Å². The van der Waals surface area contributed by atoms with Gasteiger partial charge in [-0.25, -0.2) is 4.90 Å². The molecule has 6 nitrogen and oxygen atoms in total. The number of anilines is 2. The molecule has 2 aromatic rings. The summed E-state index contributed by atoms with van der Waals surface area (Å²) in [7, 11) is 2.12. The zero-order valence-corrected chi connectivity index (χ0v) is 19.4. The largest absolute Gasteiger partial charge is 0.493 e. The van der Waals surface area contributed by atoms with Crippen molar-refractivity contribution in [3.8, 4) is 5.75 Å². The molecule has 2 amide bonds. The lowest BCUT2D eigenvalue weighted by molar-refractivity contribution is -0.119. The third-order valence-corrected chi connectivity index (χ3v) is 6.08. The number of benzene rings is 2. The zero-order chi connectivity index (χ0) is 22.8. The average Bonchev–Trinajstić information content (AvgIpc) is 3.01. The van der Waals surface area contributed by atoms with E-state index in [0.717, 1.165) is 36.8 Å². The van der Waals surface area contributed by atoms with E-state index in [1.807, 2.05) is 12.1 Å². The number of nitrogens with zero attached hydrogens (tertiary/aromatic N) is 3. The highest BCUT2D eigenvalue weighted by molar-refractivity contribution is 6.60. The summed E-state index contributed by atoms with van der Waals surface area (Å²) < 4.78 is 5.70. The molecule has 2 heterocycles. The molecule has 0 spiro atoms. The second kappa shape index (κ2) is 9.35. The summed E-state index contributed by atoms with van der Waals surface area (Å²) in [5, 5.41) is -0.0611. The quantitative estimate of drug-likeness (QED) is 0.619. The first-order chi connectivity index (χ1) is 15.3. The number of piperazine rings is 1. The molecule has 0 saturated carbocycles. The Hall–Kier alpha value is -2.83. The topological polar surface area (TPSA) is 53.1 Å². The Kier molecular flexibility index (Phi) is 6.53. The van der Waals surface area contributed by atoms with E-state index in [9.17, 15) is 9.59 Å². The van der Waals surface area contributed by atoms with E-state index < -0.39 is 11.8 Å². The van der Waals surface area contributed by atoms with Crippen molar-refractivity contribution < 1.29 is 14.3 Å². The molecule has 2 aliphatic rings. The second-order valence-corrected chi connectivity index (χ2v) is 9.05. The molecular formula is C25H28ClN3O3. The fourth-order valence-electron chi connectivity index (χ4n) is 3.85. The molecule has 0 N–H and O–H groups in total. The van der Waals surface area contributed by atoms with Gasteiger partial charge in [0.2, 0.25) is 0 Å². The summed E-state index contributed by atoms with van der Waals surface area (Å²) in [6.45, 7) is 8.68. The summed E-state index contributed by atoms with van der Waals surface area (Å²) in [5.41, 5.74) is 2.41. The van der Waals surface area contributed by atoms with Crippen molar-refractivity contribution in [3.05, 3.63) is 59.1 Å². The SMILES string of the molecule is CC(C)COc1ccc(C2=C(Cl)C(=O)N(c3ccc(N4CCN(C)CC4)cc3)C2=O)cc1. The fraction of sp³-hybridized carbons (Fsp3) is 0.360. The van der Waals surface area contributed by atoms with Gasteiger partial charge in [0.25, 0.3) is 11.8 Å². The summed E-state index contributed by atoms with van der Waals surface area (Å²) in [6, 6.07) is 14.6. The Bertz CT molecular complexity index is 1020. The normalized spacial score (nSPS) is 17.7. The van der Waals surface area contributed by atoms with E-state index in [4.69, 9.17) is 16.3 Å². The van der Waals surface area contributed by atoms with Crippen LogP contribution in [0.5, 0.6) is 5.75 Å². The molecule has 32 heavy (non-hydrogen) atoms. The van der Waals surface area contributed by atoms with Gasteiger partial charge in [0, 0.05) is 31.9 Å². The summed E-state index contributed by atoms with van der Waals surface area (Å²) in [5.74, 6) is 0.215. The molecule has 2 aliphatic heterocycles. The van der Waals surface area contributed by atoms with Gasteiger partial charge in [0.15, 0.2) is 0 Å². The van der Waals surface area contributed by atoms with Crippen molar-refractivity contribution in [1.29, 1.82) is 0 Å². The molecule has 0 aromatic heterocycles. The zero-order valence-electron chi connectivity index (χ0n) is 18.7. The van der Waals surface area contributed by atoms with E-state index in [1.165, 1.54) is 0 Å². The van der Waals surface area contributed by atoms with Crippen molar-refractivity contribution in [2.75, 3.05) is 49.6 Å². The van der Waals surface area contributed by atoms with Crippen LogP contribution in [-0.2, 0) is 9.59 Å². The van der Waals surface area contributed by atoms with E-state index in [-0.39, 0.29) is 10.6 Å². The van der Waals surface area contributed by atoms with Crippen molar-refractivity contribution in [2.24, 2.45) is 5.92 Å². The van der Waals surface area contributed by atoms with Crippen LogP contribution in [0.15, 0.2) is 53.6 Å². The number of carbonyl (C=O) groups is 2. The van der Waals surface area contributed by atoms with E-state index in [2.05, 4.69) is 30.7 Å². The molecule has 2 aromatic carbocycles. The van der Waals surface area contributed by atoms with E-state index in [1.54, 1.807) is 36.4 Å². The van der Waals surface area contributed by atoms with Gasteiger partial charge in [0.1, 0.15) is 10.8 Å². The minimum absolute atomic E-state index is 0.0611. The highest BCUT2D eigenvalue weighted by Crippen LogP contribution is 2.36. The van der Waals surface area contributed by atoms with Gasteiger partial charge in [-0.1, -0.05) is 37.6 Å². The molecule has 168 valence electrons. The maximum atomic E-state index is 13.2. The van der Waals surface area contributed by atoms with Crippen LogP contribution in [0.25, 0.3) is 5.57 Å². The first kappa shape index (κ1) is 22.4. The molecule has 1 saturated heterocycles. The molecule has 0 radical (unpaired) electrons. The van der Waals surface area contributed by atoms with Gasteiger partial charge in [-0.15, -0.1) is 0 Å². The van der Waals surface area contributed by atoms with Crippen molar-refractivity contribution >= 4 is 40.4 Å². The number of likely N-dealkylation sites (N-methyl/N-ethyl adjacent to an activating group) is 1. The Morgan fingerprint density at radius 3 is 2.06 bits per heavy atom. The number of carbonyl (C=O) groups excluding carboxylic acids is 2. The lowest BCUT2D eigenvalue weighted by atomic mass is 10.1. The molecular weight excluding hydrogens is 426 g/mol. The minimum atomic E-state index is -0.501. The van der Waals surface area contributed by atoms with Gasteiger partial charge in [-0.3, -0.25) is 9.59 Å². The third-order valence-electron chi connectivity index (χ3n) is 5.73. The lowest BCUT2D eigenvalue weighted by Gasteiger charge is -2.34. The number of amides is 2. The van der Waals surface area contributed by atoms with Crippen LogP contribution in [0.2, 0.25) is 0 Å². The van der Waals surface area contributed by atoms with Crippen LogP contribution in [-0.4, -0.2) is 56.5 Å². The van der Waals surface area contributed by atoms with E-state index >= 15 is 0 Å². The predicted octanol–water partition coefficient (Wildman–Crippen LogP) is 4.00. The number of imide groups is 1. The molecule has 0 bridgehead atoms. The van der Waals surface area contributed by atoms with Gasteiger partial charge < -0.3 is 14.5 Å². The monoisotopic (exact) mass is 453 g/mol. The highest BCUT2D eigenvalue weighted by Gasteiger charge is 2.39. The van der Waals surface area contributed by atoms with Gasteiger partial charge in [0.05, 0.1) is 17.9 Å². The maximum Gasteiger partial charge on any atom is 0.277 e. The lowest BCUT2D eigenvalue weighted by Crippen LogP contribution is -2.44. The first-order valence-electron chi connectivity index (χ1n) is 10.9. The molecule has 4 rings (SSSR count). The van der Waals surface area contributed by atoms with Crippen LogP contribution >= 0.6 is 11.6 Å². The number of halogens is 1. The van der Waals surface area contributed by atoms with Crippen LogP contribution in [0, 0.1) is 5.92 Å². The smallest absolute Gasteiger partial charge is 0.277 e. The fourth-order valence-corrected chi connectivity index (χ4v) is 4.12. The van der Waals surface area contributed by atoms with Crippen LogP contribution in [0.3, 0.4) is 0 Å². The van der Waals surface area contributed by atoms with Gasteiger partial charge in [-0.2, -0.15) is 0 Å². The summed E-state index contributed by atoms with van der Waals surface area (Å²) in [6.07, 6.45) is 0. The first-order valence-corrected chi connectivity index (χ1v) is 11.3. The van der Waals surface area contributed by atoms with E-state index in [0.29, 0.717) is 29.5 Å². The Morgan fingerprint density at radius 1 is 0.875 bits per heavy atom.